The smallest absolute Gasteiger partial charge is 0.329 e. The van der Waals surface area contributed by atoms with Crippen LogP contribution in [-0.2, 0) is 19.6 Å². The van der Waals surface area contributed by atoms with Crippen LogP contribution in [0.2, 0.25) is 0 Å². The first-order chi connectivity index (χ1) is 13.5. The molecule has 2 aromatic carbocycles. The number of hydrogen-bond acceptors (Lipinski definition) is 5. The van der Waals surface area contributed by atoms with Crippen molar-refractivity contribution in [2.45, 2.75) is 29.9 Å². The summed E-state index contributed by atoms with van der Waals surface area (Å²) in [5.41, 5.74) is 0.563. The molecule has 0 spiro atoms. The lowest BCUT2D eigenvalue weighted by Gasteiger charge is -2.44. The second-order valence-corrected chi connectivity index (χ2v) is 9.11. The fourth-order valence-corrected chi connectivity index (χ4v) is 5.18. The molecule has 3 aliphatic rings. The van der Waals surface area contributed by atoms with Crippen LogP contribution in [0.25, 0.3) is 0 Å². The van der Waals surface area contributed by atoms with Crippen molar-refractivity contribution in [1.82, 2.24) is 9.62 Å². The lowest BCUT2D eigenvalue weighted by atomic mass is 9.86. The van der Waals surface area contributed by atoms with Gasteiger partial charge in [0.05, 0.1) is 4.90 Å². The molecule has 2 aromatic rings. The summed E-state index contributed by atoms with van der Waals surface area (Å²) < 4.78 is 34.0. The van der Waals surface area contributed by atoms with Gasteiger partial charge in [0, 0.05) is 6.54 Å². The number of carbonyl (C=O) groups is 1. The molecule has 0 amide bonds. The molecule has 28 heavy (non-hydrogen) atoms. The van der Waals surface area contributed by atoms with Gasteiger partial charge in [0.25, 0.3) is 0 Å². The molecule has 3 fully saturated rings. The van der Waals surface area contributed by atoms with E-state index >= 15 is 0 Å². The maximum atomic E-state index is 13.0. The molecule has 0 radical (unpaired) electrons. The summed E-state index contributed by atoms with van der Waals surface area (Å²) in [6.45, 7) is 2.81. The minimum Gasteiger partial charge on any atom is -0.459 e. The molecule has 3 aliphatic heterocycles. The summed E-state index contributed by atoms with van der Waals surface area (Å²) in [5, 5.41) is 0. The zero-order valence-electron chi connectivity index (χ0n) is 15.5. The number of nitrogens with zero attached hydrogens (tertiary/aromatic N) is 1. The van der Waals surface area contributed by atoms with Gasteiger partial charge in [-0.05, 0) is 49.5 Å². The van der Waals surface area contributed by atoms with Crippen LogP contribution < -0.4 is 4.72 Å². The average molecular weight is 401 g/mol. The SMILES string of the molecule is O=C(OC1CN2CCC1CC2)C(NS(=O)(=O)c1ccccc1)c1ccccc1. The van der Waals surface area contributed by atoms with Gasteiger partial charge in [-0.2, -0.15) is 4.72 Å². The maximum absolute atomic E-state index is 13.0. The fraction of sp³-hybridized carbons (Fsp3) is 0.381. The van der Waals surface area contributed by atoms with Crippen molar-refractivity contribution in [3.63, 3.8) is 0 Å². The summed E-state index contributed by atoms with van der Waals surface area (Å²) in [6, 6.07) is 15.8. The van der Waals surface area contributed by atoms with Crippen molar-refractivity contribution in [3.8, 4) is 0 Å². The Bertz CT molecular complexity index is 910. The predicted octanol–water partition coefficient (Wildman–Crippen LogP) is 2.34. The number of carbonyl (C=O) groups excluding carboxylic acids is 1. The van der Waals surface area contributed by atoms with Crippen LogP contribution in [-0.4, -0.2) is 45.0 Å². The molecule has 3 heterocycles. The summed E-state index contributed by atoms with van der Waals surface area (Å²) in [7, 11) is -3.87. The maximum Gasteiger partial charge on any atom is 0.329 e. The third kappa shape index (κ3) is 4.11. The Labute approximate surface area is 165 Å². The Hall–Kier alpha value is -2.22. The molecular weight excluding hydrogens is 376 g/mol. The van der Waals surface area contributed by atoms with Crippen LogP contribution in [0.3, 0.4) is 0 Å². The van der Waals surface area contributed by atoms with Crippen molar-refractivity contribution in [3.05, 3.63) is 66.2 Å². The van der Waals surface area contributed by atoms with E-state index in [-0.39, 0.29) is 11.0 Å². The van der Waals surface area contributed by atoms with E-state index in [2.05, 4.69) is 9.62 Å². The minimum atomic E-state index is -3.87. The van der Waals surface area contributed by atoms with Crippen molar-refractivity contribution >= 4 is 16.0 Å². The molecule has 3 saturated heterocycles. The zero-order valence-corrected chi connectivity index (χ0v) is 16.3. The van der Waals surface area contributed by atoms with Gasteiger partial charge in [0.15, 0.2) is 0 Å². The highest BCUT2D eigenvalue weighted by Gasteiger charge is 2.38. The Balaban J connectivity index is 1.56. The summed E-state index contributed by atoms with van der Waals surface area (Å²) in [6.07, 6.45) is 1.86. The zero-order chi connectivity index (χ0) is 19.6. The van der Waals surface area contributed by atoms with Gasteiger partial charge < -0.3 is 4.74 Å². The number of sulfonamides is 1. The van der Waals surface area contributed by atoms with Gasteiger partial charge in [-0.3, -0.25) is 4.90 Å². The van der Waals surface area contributed by atoms with Crippen molar-refractivity contribution in [1.29, 1.82) is 0 Å². The number of piperidine rings is 3. The molecule has 0 aromatic heterocycles. The van der Waals surface area contributed by atoms with E-state index in [4.69, 9.17) is 4.74 Å². The van der Waals surface area contributed by atoms with E-state index in [1.807, 2.05) is 6.07 Å². The van der Waals surface area contributed by atoms with Gasteiger partial charge in [-0.1, -0.05) is 48.5 Å². The van der Waals surface area contributed by atoms with Gasteiger partial charge >= 0.3 is 5.97 Å². The van der Waals surface area contributed by atoms with Crippen LogP contribution in [0.5, 0.6) is 0 Å². The molecular formula is C21H24N2O4S. The number of benzene rings is 2. The van der Waals surface area contributed by atoms with Crippen LogP contribution >= 0.6 is 0 Å². The molecule has 0 aliphatic carbocycles. The molecule has 2 bridgehead atoms. The van der Waals surface area contributed by atoms with Gasteiger partial charge in [0.2, 0.25) is 10.0 Å². The highest BCUT2D eigenvalue weighted by Crippen LogP contribution is 2.31. The first-order valence-electron chi connectivity index (χ1n) is 9.58. The number of hydrogen-bond donors (Lipinski definition) is 1. The molecule has 2 atom stereocenters. The van der Waals surface area contributed by atoms with E-state index in [0.29, 0.717) is 11.5 Å². The van der Waals surface area contributed by atoms with Crippen LogP contribution in [0, 0.1) is 5.92 Å². The second kappa shape index (κ2) is 8.03. The largest absolute Gasteiger partial charge is 0.459 e. The Morgan fingerprint density at radius 3 is 2.18 bits per heavy atom. The van der Waals surface area contributed by atoms with Crippen LogP contribution in [0.4, 0.5) is 0 Å². The van der Waals surface area contributed by atoms with Gasteiger partial charge in [-0.25, -0.2) is 13.2 Å². The second-order valence-electron chi connectivity index (χ2n) is 7.39. The minimum absolute atomic E-state index is 0.117. The summed E-state index contributed by atoms with van der Waals surface area (Å²) >= 11 is 0. The van der Waals surface area contributed by atoms with Crippen molar-refractivity contribution in [2.24, 2.45) is 5.92 Å². The van der Waals surface area contributed by atoms with E-state index < -0.39 is 22.0 Å². The Morgan fingerprint density at radius 2 is 1.61 bits per heavy atom. The number of fused-ring (bicyclic) bond motifs is 3. The Morgan fingerprint density at radius 1 is 1.00 bits per heavy atom. The van der Waals surface area contributed by atoms with Crippen molar-refractivity contribution in [2.75, 3.05) is 19.6 Å². The lowest BCUT2D eigenvalue weighted by molar-refractivity contribution is -0.161. The molecule has 148 valence electrons. The van der Waals surface area contributed by atoms with Gasteiger partial charge in [0.1, 0.15) is 12.1 Å². The molecule has 7 heteroatoms. The quantitative estimate of drug-likeness (QED) is 0.754. The highest BCUT2D eigenvalue weighted by atomic mass is 32.2. The number of esters is 1. The monoisotopic (exact) mass is 400 g/mol. The molecule has 0 saturated carbocycles. The standard InChI is InChI=1S/C21H24N2O4S/c24-21(27-19-15-23-13-11-16(19)12-14-23)20(17-7-3-1-4-8-17)22-28(25,26)18-9-5-2-6-10-18/h1-10,16,19-20,22H,11-15H2. The normalized spacial score (nSPS) is 25.2. The van der Waals surface area contributed by atoms with Gasteiger partial charge in [-0.15, -0.1) is 0 Å². The van der Waals surface area contributed by atoms with Crippen molar-refractivity contribution < 1.29 is 17.9 Å². The third-order valence-corrected chi connectivity index (χ3v) is 7.00. The number of ether oxygens (including phenoxy) is 1. The highest BCUT2D eigenvalue weighted by molar-refractivity contribution is 7.89. The topological polar surface area (TPSA) is 75.7 Å². The average Bonchev–Trinajstić information content (AvgIpc) is 2.74. The lowest BCUT2D eigenvalue weighted by Crippen LogP contribution is -2.52. The van der Waals surface area contributed by atoms with E-state index in [1.54, 1.807) is 42.5 Å². The molecule has 5 rings (SSSR count). The van der Waals surface area contributed by atoms with E-state index in [9.17, 15) is 13.2 Å². The molecule has 1 N–H and O–H groups in total. The third-order valence-electron chi connectivity index (χ3n) is 5.56. The molecule has 2 unspecified atom stereocenters. The molecule has 6 nitrogen and oxygen atoms in total. The Kier molecular flexibility index (Phi) is 5.48. The fourth-order valence-electron chi connectivity index (χ4n) is 3.98. The first-order valence-corrected chi connectivity index (χ1v) is 11.1. The van der Waals surface area contributed by atoms with Crippen LogP contribution in [0.15, 0.2) is 65.6 Å². The first kappa shape index (κ1) is 19.1. The summed E-state index contributed by atoms with van der Waals surface area (Å²) in [4.78, 5) is 15.4. The van der Waals surface area contributed by atoms with E-state index in [0.717, 1.165) is 32.5 Å². The van der Waals surface area contributed by atoms with Crippen LogP contribution in [0.1, 0.15) is 24.4 Å². The van der Waals surface area contributed by atoms with E-state index in [1.165, 1.54) is 12.1 Å². The number of rotatable bonds is 6. The summed E-state index contributed by atoms with van der Waals surface area (Å²) in [5.74, 6) is -0.194. The number of nitrogens with one attached hydrogen (secondary N) is 1. The predicted molar refractivity (Wildman–Crippen MR) is 105 cm³/mol.